The van der Waals surface area contributed by atoms with E-state index in [0.29, 0.717) is 16.9 Å². The average molecular weight is 276 g/mol. The lowest BCUT2D eigenvalue weighted by atomic mass is 10.1. The van der Waals surface area contributed by atoms with Gasteiger partial charge in [-0.2, -0.15) is 0 Å². The van der Waals surface area contributed by atoms with Crippen molar-refractivity contribution in [2.45, 2.75) is 19.8 Å². The highest BCUT2D eigenvalue weighted by Gasteiger charge is 2.08. The molecule has 1 aromatic carbocycles. The first-order valence-corrected chi connectivity index (χ1v) is 6.67. The molecule has 0 bridgehead atoms. The molecule has 3 nitrogen and oxygen atoms in total. The Morgan fingerprint density at radius 1 is 1.05 bits per heavy atom. The van der Waals surface area contributed by atoms with Gasteiger partial charge in [-0.25, -0.2) is 9.97 Å². The first kappa shape index (κ1) is 13.8. The molecule has 1 aromatic heterocycles. The third-order valence-corrected chi connectivity index (χ3v) is 3.14. The molecular formula is C15H18ClN3. The van der Waals surface area contributed by atoms with E-state index in [1.54, 1.807) is 0 Å². The maximum Gasteiger partial charge on any atom is 0.161 e. The number of nitrogens with zero attached hydrogens (tertiary/aromatic N) is 3. The van der Waals surface area contributed by atoms with E-state index in [2.05, 4.69) is 40.8 Å². The van der Waals surface area contributed by atoms with Gasteiger partial charge in [0.15, 0.2) is 5.82 Å². The van der Waals surface area contributed by atoms with E-state index in [-0.39, 0.29) is 0 Å². The Morgan fingerprint density at radius 2 is 1.68 bits per heavy atom. The van der Waals surface area contributed by atoms with Crippen LogP contribution < -0.4 is 4.90 Å². The normalized spacial score (nSPS) is 10.8. The Bertz CT molecular complexity index is 562. The summed E-state index contributed by atoms with van der Waals surface area (Å²) in [4.78, 5) is 10.9. The monoisotopic (exact) mass is 275 g/mol. The minimum atomic E-state index is 0.334. The van der Waals surface area contributed by atoms with E-state index in [0.717, 1.165) is 16.9 Å². The number of hydrogen-bond acceptors (Lipinski definition) is 3. The maximum atomic E-state index is 6.07. The first-order valence-electron chi connectivity index (χ1n) is 6.29. The van der Waals surface area contributed by atoms with E-state index in [1.807, 2.05) is 32.3 Å². The summed E-state index contributed by atoms with van der Waals surface area (Å²) in [6, 6.07) is 9.96. The van der Waals surface area contributed by atoms with Crippen LogP contribution in [-0.4, -0.2) is 24.1 Å². The predicted octanol–water partition coefficient (Wildman–Crippen LogP) is 3.99. The number of halogens is 1. The van der Waals surface area contributed by atoms with Crippen LogP contribution in [0.2, 0.25) is 5.15 Å². The quantitative estimate of drug-likeness (QED) is 0.793. The summed E-state index contributed by atoms with van der Waals surface area (Å²) in [5, 5.41) is 0.491. The molecule has 0 saturated heterocycles. The van der Waals surface area contributed by atoms with Gasteiger partial charge >= 0.3 is 0 Å². The molecular weight excluding hydrogens is 258 g/mol. The Hall–Kier alpha value is -1.61. The lowest BCUT2D eigenvalue weighted by Crippen LogP contribution is -2.08. The second-order valence-corrected chi connectivity index (χ2v) is 5.42. The van der Waals surface area contributed by atoms with E-state index in [1.165, 1.54) is 0 Å². The van der Waals surface area contributed by atoms with Crippen LogP contribution in [0.1, 0.15) is 25.5 Å². The van der Waals surface area contributed by atoms with Gasteiger partial charge in [0.1, 0.15) is 5.15 Å². The van der Waals surface area contributed by atoms with Gasteiger partial charge in [0, 0.05) is 31.0 Å². The Kier molecular flexibility index (Phi) is 4.05. The summed E-state index contributed by atoms with van der Waals surface area (Å²) in [7, 11) is 4.03. The Balaban J connectivity index is 2.41. The molecule has 0 amide bonds. The number of rotatable bonds is 3. The molecule has 2 rings (SSSR count). The van der Waals surface area contributed by atoms with Crippen LogP contribution in [0, 0.1) is 0 Å². The molecule has 0 aliphatic rings. The maximum absolute atomic E-state index is 6.07. The van der Waals surface area contributed by atoms with Gasteiger partial charge < -0.3 is 4.90 Å². The molecule has 4 heteroatoms. The highest BCUT2D eigenvalue weighted by Crippen LogP contribution is 2.23. The van der Waals surface area contributed by atoms with Crippen LogP contribution in [0.25, 0.3) is 11.4 Å². The summed E-state index contributed by atoms with van der Waals surface area (Å²) in [5.74, 6) is 1.02. The summed E-state index contributed by atoms with van der Waals surface area (Å²) >= 11 is 6.07. The second-order valence-electron chi connectivity index (χ2n) is 5.04. The molecule has 0 atom stereocenters. The summed E-state index contributed by atoms with van der Waals surface area (Å²) < 4.78 is 0. The van der Waals surface area contributed by atoms with E-state index >= 15 is 0 Å². The van der Waals surface area contributed by atoms with Crippen LogP contribution in [-0.2, 0) is 0 Å². The smallest absolute Gasteiger partial charge is 0.161 e. The summed E-state index contributed by atoms with van der Waals surface area (Å²) in [6.07, 6.45) is 0. The Morgan fingerprint density at radius 3 is 2.21 bits per heavy atom. The number of anilines is 1. The fourth-order valence-electron chi connectivity index (χ4n) is 1.77. The van der Waals surface area contributed by atoms with Gasteiger partial charge in [-0.15, -0.1) is 0 Å². The molecule has 0 unspecified atom stereocenters. The van der Waals surface area contributed by atoms with Crippen molar-refractivity contribution in [3.8, 4) is 11.4 Å². The highest BCUT2D eigenvalue weighted by molar-refractivity contribution is 6.29. The van der Waals surface area contributed by atoms with Gasteiger partial charge in [0.2, 0.25) is 0 Å². The minimum absolute atomic E-state index is 0.334. The largest absolute Gasteiger partial charge is 0.378 e. The average Bonchev–Trinajstić information content (AvgIpc) is 2.38. The molecule has 0 aliphatic heterocycles. The first-order chi connectivity index (χ1) is 8.97. The molecule has 2 aromatic rings. The van der Waals surface area contributed by atoms with Crippen LogP contribution in [0.5, 0.6) is 0 Å². The van der Waals surface area contributed by atoms with Gasteiger partial charge in [0.25, 0.3) is 0 Å². The van der Waals surface area contributed by atoms with Crippen LogP contribution in [0.15, 0.2) is 30.3 Å². The minimum Gasteiger partial charge on any atom is -0.378 e. The third-order valence-electron chi connectivity index (χ3n) is 2.95. The molecule has 1 heterocycles. The van der Waals surface area contributed by atoms with Crippen molar-refractivity contribution in [3.05, 3.63) is 41.2 Å². The number of aromatic nitrogens is 2. The van der Waals surface area contributed by atoms with Crippen molar-refractivity contribution >= 4 is 17.3 Å². The van der Waals surface area contributed by atoms with E-state index in [4.69, 9.17) is 11.6 Å². The molecule has 0 fully saturated rings. The zero-order valence-corrected chi connectivity index (χ0v) is 12.4. The van der Waals surface area contributed by atoms with Gasteiger partial charge in [-0.05, 0) is 36.2 Å². The van der Waals surface area contributed by atoms with Crippen molar-refractivity contribution in [3.63, 3.8) is 0 Å². The molecule has 100 valence electrons. The SMILES string of the molecule is CC(C)c1cc(Cl)nc(-c2ccc(N(C)C)cc2)n1. The van der Waals surface area contributed by atoms with Crippen LogP contribution in [0.3, 0.4) is 0 Å². The molecule has 19 heavy (non-hydrogen) atoms. The topological polar surface area (TPSA) is 29.0 Å². The van der Waals surface area contributed by atoms with Crippen molar-refractivity contribution < 1.29 is 0 Å². The van der Waals surface area contributed by atoms with Crippen molar-refractivity contribution in [1.29, 1.82) is 0 Å². The fourth-order valence-corrected chi connectivity index (χ4v) is 1.96. The van der Waals surface area contributed by atoms with Gasteiger partial charge in [0.05, 0.1) is 0 Å². The van der Waals surface area contributed by atoms with Crippen molar-refractivity contribution in [2.75, 3.05) is 19.0 Å². The molecule has 0 aliphatic carbocycles. The van der Waals surface area contributed by atoms with Gasteiger partial charge in [-0.1, -0.05) is 25.4 Å². The number of benzene rings is 1. The highest BCUT2D eigenvalue weighted by atomic mass is 35.5. The molecule has 0 radical (unpaired) electrons. The zero-order valence-electron chi connectivity index (χ0n) is 11.7. The molecule has 0 N–H and O–H groups in total. The lowest BCUT2D eigenvalue weighted by Gasteiger charge is -2.13. The van der Waals surface area contributed by atoms with Gasteiger partial charge in [-0.3, -0.25) is 0 Å². The third kappa shape index (κ3) is 3.24. The molecule has 0 spiro atoms. The van der Waals surface area contributed by atoms with Crippen LogP contribution >= 0.6 is 11.6 Å². The van der Waals surface area contributed by atoms with Crippen molar-refractivity contribution in [2.24, 2.45) is 0 Å². The van der Waals surface area contributed by atoms with Crippen LogP contribution in [0.4, 0.5) is 5.69 Å². The summed E-state index contributed by atoms with van der Waals surface area (Å²) in [5.41, 5.74) is 3.09. The van der Waals surface area contributed by atoms with E-state index in [9.17, 15) is 0 Å². The number of hydrogen-bond donors (Lipinski definition) is 0. The predicted molar refractivity (Wildman–Crippen MR) is 80.9 cm³/mol. The molecule has 0 saturated carbocycles. The second kappa shape index (κ2) is 5.57. The lowest BCUT2D eigenvalue weighted by molar-refractivity contribution is 0.817. The zero-order chi connectivity index (χ0) is 14.0. The van der Waals surface area contributed by atoms with Crippen molar-refractivity contribution in [1.82, 2.24) is 9.97 Å². The summed E-state index contributed by atoms with van der Waals surface area (Å²) in [6.45, 7) is 4.19. The fraction of sp³-hybridized carbons (Fsp3) is 0.333. The Labute approximate surface area is 119 Å². The van der Waals surface area contributed by atoms with E-state index < -0.39 is 0 Å². The standard InChI is InChI=1S/C15H18ClN3/c1-10(2)13-9-14(16)18-15(17-13)11-5-7-12(8-6-11)19(3)4/h5-10H,1-4H3.